The largest absolute Gasteiger partial charge is 0.497 e. The summed E-state index contributed by atoms with van der Waals surface area (Å²) in [6.07, 6.45) is 8.03. The van der Waals surface area contributed by atoms with Gasteiger partial charge in [-0.3, -0.25) is 9.88 Å². The molecule has 0 aliphatic carbocycles. The molecule has 2 atom stereocenters. The highest BCUT2D eigenvalue weighted by molar-refractivity contribution is 5.83. The van der Waals surface area contributed by atoms with E-state index in [4.69, 9.17) is 4.74 Å². The molecule has 1 aliphatic rings. The molecule has 1 N–H and O–H groups in total. The number of hydrogen-bond donors (Lipinski definition) is 1. The Kier molecular flexibility index (Phi) is 7.71. The average Bonchev–Trinajstić information content (AvgIpc) is 2.85. The van der Waals surface area contributed by atoms with Gasteiger partial charge >= 0.3 is 0 Å². The van der Waals surface area contributed by atoms with E-state index in [-0.39, 0.29) is 6.61 Å². The summed E-state index contributed by atoms with van der Waals surface area (Å²) < 4.78 is 5.40. The average molecular weight is 430 g/mol. The van der Waals surface area contributed by atoms with Crippen molar-refractivity contribution in [3.05, 3.63) is 66.1 Å². The Bertz CT molecular complexity index is 1070. The number of pyridine rings is 2. The van der Waals surface area contributed by atoms with E-state index in [1.807, 2.05) is 36.5 Å². The van der Waals surface area contributed by atoms with Gasteiger partial charge in [-0.15, -0.1) is 0 Å². The predicted molar refractivity (Wildman–Crippen MR) is 127 cm³/mol. The van der Waals surface area contributed by atoms with Gasteiger partial charge in [-0.25, -0.2) is 4.98 Å². The number of hydrogen-bond acceptors (Lipinski definition) is 5. The molecular formula is C27H31N3O2. The van der Waals surface area contributed by atoms with E-state index < -0.39 is 0 Å². The van der Waals surface area contributed by atoms with Crippen LogP contribution >= 0.6 is 0 Å². The summed E-state index contributed by atoms with van der Waals surface area (Å²) in [6.45, 7) is 2.91. The van der Waals surface area contributed by atoms with Crippen LogP contribution in [-0.2, 0) is 6.42 Å². The molecule has 0 saturated carbocycles. The standard InChI is InChI=1S/C27H31N3O2/c1-32-25-10-11-27-26(18-25)22(12-15-29-27)7-4-6-21-13-17-30(19-23(21)20-31)16-5-9-24-8-2-3-14-28-24/h2-3,8,10-12,14-15,18,21,23,31H,4,6-7,13,16-17,19-20H2,1H3/t21-,23-/m1/s1. The van der Waals surface area contributed by atoms with Crippen LogP contribution in [0.15, 0.2) is 54.9 Å². The van der Waals surface area contributed by atoms with Gasteiger partial charge in [-0.2, -0.15) is 0 Å². The Hall–Kier alpha value is -2.94. The Morgan fingerprint density at radius 1 is 1.12 bits per heavy atom. The van der Waals surface area contributed by atoms with E-state index in [2.05, 4.69) is 38.8 Å². The Morgan fingerprint density at radius 2 is 2.06 bits per heavy atom. The fourth-order valence-corrected chi connectivity index (χ4v) is 4.65. The van der Waals surface area contributed by atoms with Crippen LogP contribution in [-0.4, -0.2) is 53.3 Å². The van der Waals surface area contributed by atoms with Gasteiger partial charge in [0.05, 0.1) is 19.2 Å². The molecule has 1 aliphatic heterocycles. The number of nitrogens with zero attached hydrogens (tertiary/aromatic N) is 3. The molecule has 0 bridgehead atoms. The van der Waals surface area contributed by atoms with Gasteiger partial charge in [0.2, 0.25) is 0 Å². The molecule has 2 aromatic heterocycles. The third kappa shape index (κ3) is 5.64. The quantitative estimate of drug-likeness (QED) is 0.577. The van der Waals surface area contributed by atoms with E-state index >= 15 is 0 Å². The highest BCUT2D eigenvalue weighted by atomic mass is 16.5. The van der Waals surface area contributed by atoms with Gasteiger partial charge in [0, 0.05) is 30.9 Å². The molecular weight excluding hydrogens is 398 g/mol. The molecule has 32 heavy (non-hydrogen) atoms. The number of aromatic nitrogens is 2. The maximum atomic E-state index is 10.0. The summed E-state index contributed by atoms with van der Waals surface area (Å²) in [5.41, 5.74) is 3.13. The molecule has 4 rings (SSSR count). The highest BCUT2D eigenvalue weighted by Crippen LogP contribution is 2.29. The normalized spacial score (nSPS) is 18.8. The second-order valence-corrected chi connectivity index (χ2v) is 8.49. The third-order valence-corrected chi connectivity index (χ3v) is 6.45. The molecule has 1 aromatic carbocycles. The van der Waals surface area contributed by atoms with Gasteiger partial charge in [-0.1, -0.05) is 12.0 Å². The smallest absolute Gasteiger partial charge is 0.119 e. The number of aryl methyl sites for hydroxylation is 1. The molecule has 166 valence electrons. The van der Waals surface area contributed by atoms with Crippen LogP contribution in [0.2, 0.25) is 0 Å². The van der Waals surface area contributed by atoms with Gasteiger partial charge in [-0.05, 0) is 91.9 Å². The fourth-order valence-electron chi connectivity index (χ4n) is 4.65. The molecule has 0 unspecified atom stereocenters. The second kappa shape index (κ2) is 11.1. The molecule has 5 nitrogen and oxygen atoms in total. The second-order valence-electron chi connectivity index (χ2n) is 8.49. The van der Waals surface area contributed by atoms with Crippen molar-refractivity contribution in [1.82, 2.24) is 14.9 Å². The van der Waals surface area contributed by atoms with Crippen LogP contribution in [0.25, 0.3) is 10.9 Å². The summed E-state index contributed by atoms with van der Waals surface area (Å²) in [7, 11) is 1.70. The maximum absolute atomic E-state index is 10.0. The van der Waals surface area contributed by atoms with Crippen molar-refractivity contribution in [1.29, 1.82) is 0 Å². The van der Waals surface area contributed by atoms with Crippen molar-refractivity contribution in [2.24, 2.45) is 11.8 Å². The molecule has 1 saturated heterocycles. The number of aliphatic hydroxyl groups is 1. The molecule has 0 amide bonds. The first-order chi connectivity index (χ1) is 15.8. The van der Waals surface area contributed by atoms with Crippen molar-refractivity contribution in [2.45, 2.75) is 25.7 Å². The maximum Gasteiger partial charge on any atom is 0.119 e. The van der Waals surface area contributed by atoms with Crippen LogP contribution in [0, 0.1) is 23.7 Å². The minimum atomic E-state index is 0.240. The lowest BCUT2D eigenvalue weighted by molar-refractivity contribution is 0.0748. The predicted octanol–water partition coefficient (Wildman–Crippen LogP) is 3.94. The monoisotopic (exact) mass is 429 g/mol. The minimum Gasteiger partial charge on any atom is -0.497 e. The van der Waals surface area contributed by atoms with Gasteiger partial charge in [0.25, 0.3) is 0 Å². The molecule has 5 heteroatoms. The van der Waals surface area contributed by atoms with E-state index in [0.717, 1.165) is 62.3 Å². The first-order valence-electron chi connectivity index (χ1n) is 11.4. The summed E-state index contributed by atoms with van der Waals surface area (Å²) in [5, 5.41) is 11.2. The number of ether oxygens (including phenoxy) is 1. The summed E-state index contributed by atoms with van der Waals surface area (Å²) in [6, 6.07) is 14.0. The topological polar surface area (TPSA) is 58.5 Å². The number of aliphatic hydroxyl groups excluding tert-OH is 1. The number of methoxy groups -OCH3 is 1. The zero-order valence-electron chi connectivity index (χ0n) is 18.7. The Balaban J connectivity index is 1.30. The van der Waals surface area contributed by atoms with Crippen LogP contribution in [0.1, 0.15) is 30.5 Å². The zero-order chi connectivity index (χ0) is 22.2. The molecule has 0 spiro atoms. The molecule has 3 aromatic rings. The summed E-state index contributed by atoms with van der Waals surface area (Å²) in [4.78, 5) is 11.1. The number of benzene rings is 1. The number of piperidine rings is 1. The lowest BCUT2D eigenvalue weighted by Gasteiger charge is -2.37. The first-order valence-corrected chi connectivity index (χ1v) is 11.4. The summed E-state index contributed by atoms with van der Waals surface area (Å²) in [5.74, 6) is 8.11. The summed E-state index contributed by atoms with van der Waals surface area (Å²) >= 11 is 0. The van der Waals surface area contributed by atoms with Crippen LogP contribution < -0.4 is 4.74 Å². The van der Waals surface area contributed by atoms with Crippen molar-refractivity contribution in [2.75, 3.05) is 33.4 Å². The van der Waals surface area contributed by atoms with E-state index in [9.17, 15) is 5.11 Å². The lowest BCUT2D eigenvalue weighted by Crippen LogP contribution is -2.42. The lowest BCUT2D eigenvalue weighted by atomic mass is 9.82. The van der Waals surface area contributed by atoms with Crippen molar-refractivity contribution >= 4 is 10.9 Å². The van der Waals surface area contributed by atoms with Gasteiger partial charge in [0.15, 0.2) is 0 Å². The Labute approximate surface area is 190 Å². The van der Waals surface area contributed by atoms with Gasteiger partial charge < -0.3 is 9.84 Å². The number of fused-ring (bicyclic) bond motifs is 1. The van der Waals surface area contributed by atoms with Crippen LogP contribution in [0.4, 0.5) is 0 Å². The van der Waals surface area contributed by atoms with E-state index in [1.165, 1.54) is 10.9 Å². The highest BCUT2D eigenvalue weighted by Gasteiger charge is 2.28. The fraction of sp³-hybridized carbons (Fsp3) is 0.407. The van der Waals surface area contributed by atoms with Crippen molar-refractivity contribution in [3.63, 3.8) is 0 Å². The van der Waals surface area contributed by atoms with Crippen LogP contribution in [0.3, 0.4) is 0 Å². The molecule has 0 radical (unpaired) electrons. The zero-order valence-corrected chi connectivity index (χ0v) is 18.7. The number of rotatable bonds is 7. The van der Waals surface area contributed by atoms with Gasteiger partial charge in [0.1, 0.15) is 11.4 Å². The molecule has 3 heterocycles. The number of likely N-dealkylation sites (tertiary alicyclic amines) is 1. The van der Waals surface area contributed by atoms with Crippen LogP contribution in [0.5, 0.6) is 5.75 Å². The van der Waals surface area contributed by atoms with Crippen molar-refractivity contribution in [3.8, 4) is 17.6 Å². The molecule has 1 fully saturated rings. The third-order valence-electron chi connectivity index (χ3n) is 6.45. The van der Waals surface area contributed by atoms with E-state index in [0.29, 0.717) is 11.8 Å². The Morgan fingerprint density at radius 3 is 2.88 bits per heavy atom. The van der Waals surface area contributed by atoms with Crippen molar-refractivity contribution < 1.29 is 9.84 Å². The SMILES string of the molecule is COc1ccc2nccc(CCC[C@@H]3CCN(CC#Cc4ccccn4)C[C@@H]3CO)c2c1. The first kappa shape index (κ1) is 22.3. The minimum absolute atomic E-state index is 0.240. The van der Waals surface area contributed by atoms with E-state index in [1.54, 1.807) is 13.3 Å².